The normalized spacial score (nSPS) is 10.9. The standard InChI is InChI=1S/C28H30N4O2/c1-20-15-26(28(34)30-17-23-8-6-22(16-29)7-9-23)21(2)32(20)19-25-12-10-24(11-13-25)18-31-14-4-3-5-27(31)33/h3-15H,16-19,29H2,1-2H3,(H,30,34). The Morgan fingerprint density at radius 2 is 1.47 bits per heavy atom. The van der Waals surface area contributed by atoms with Gasteiger partial charge in [0.1, 0.15) is 0 Å². The van der Waals surface area contributed by atoms with Crippen molar-refractivity contribution in [3.05, 3.63) is 129 Å². The number of nitrogens with two attached hydrogens (primary N) is 1. The zero-order valence-electron chi connectivity index (χ0n) is 19.6. The molecule has 0 fully saturated rings. The molecule has 0 atom stereocenters. The number of amides is 1. The molecule has 6 heteroatoms. The average molecular weight is 455 g/mol. The van der Waals surface area contributed by atoms with E-state index in [0.717, 1.165) is 33.6 Å². The molecule has 2 aromatic carbocycles. The summed E-state index contributed by atoms with van der Waals surface area (Å²) < 4.78 is 3.84. The largest absolute Gasteiger partial charge is 0.348 e. The zero-order valence-corrected chi connectivity index (χ0v) is 19.6. The van der Waals surface area contributed by atoms with Crippen molar-refractivity contribution < 1.29 is 4.79 Å². The van der Waals surface area contributed by atoms with Crippen LogP contribution in [0.4, 0.5) is 0 Å². The number of nitrogens with zero attached hydrogens (tertiary/aromatic N) is 2. The Hall–Kier alpha value is -3.90. The number of aromatic nitrogens is 2. The number of hydrogen-bond donors (Lipinski definition) is 2. The molecule has 3 N–H and O–H groups in total. The lowest BCUT2D eigenvalue weighted by atomic mass is 10.1. The Balaban J connectivity index is 1.42. The summed E-state index contributed by atoms with van der Waals surface area (Å²) in [4.78, 5) is 24.8. The van der Waals surface area contributed by atoms with Gasteiger partial charge in [-0.3, -0.25) is 9.59 Å². The molecule has 6 nitrogen and oxygen atoms in total. The Bertz CT molecular complexity index is 1330. The first-order valence-corrected chi connectivity index (χ1v) is 11.4. The molecule has 1 amide bonds. The second-order valence-corrected chi connectivity index (χ2v) is 8.56. The molecule has 0 saturated carbocycles. The van der Waals surface area contributed by atoms with Gasteiger partial charge in [-0.25, -0.2) is 0 Å². The van der Waals surface area contributed by atoms with Crippen molar-refractivity contribution in [3.8, 4) is 0 Å². The molecule has 0 aliphatic carbocycles. The van der Waals surface area contributed by atoms with Crippen LogP contribution < -0.4 is 16.6 Å². The van der Waals surface area contributed by atoms with E-state index in [4.69, 9.17) is 5.73 Å². The van der Waals surface area contributed by atoms with Crippen molar-refractivity contribution in [1.29, 1.82) is 0 Å². The van der Waals surface area contributed by atoms with Crippen LogP contribution in [0.1, 0.15) is 44.0 Å². The number of benzene rings is 2. The molecule has 0 aliphatic heterocycles. The maximum atomic E-state index is 12.9. The van der Waals surface area contributed by atoms with Crippen LogP contribution in [0.2, 0.25) is 0 Å². The van der Waals surface area contributed by atoms with Crippen molar-refractivity contribution in [2.75, 3.05) is 0 Å². The highest BCUT2D eigenvalue weighted by molar-refractivity contribution is 5.95. The topological polar surface area (TPSA) is 82.1 Å². The molecule has 0 radical (unpaired) electrons. The highest BCUT2D eigenvalue weighted by Gasteiger charge is 2.16. The summed E-state index contributed by atoms with van der Waals surface area (Å²) in [5, 5.41) is 3.02. The van der Waals surface area contributed by atoms with E-state index in [1.807, 2.05) is 62.4 Å². The Kier molecular flexibility index (Phi) is 7.09. The van der Waals surface area contributed by atoms with Gasteiger partial charge < -0.3 is 20.2 Å². The summed E-state index contributed by atoms with van der Waals surface area (Å²) in [5.74, 6) is -0.0779. The molecule has 0 unspecified atom stereocenters. The van der Waals surface area contributed by atoms with Gasteiger partial charge in [0, 0.05) is 43.3 Å². The minimum atomic E-state index is -0.0779. The summed E-state index contributed by atoms with van der Waals surface area (Å²) in [7, 11) is 0. The molecule has 4 rings (SSSR count). The fourth-order valence-corrected chi connectivity index (χ4v) is 4.07. The van der Waals surface area contributed by atoms with Gasteiger partial charge >= 0.3 is 0 Å². The maximum absolute atomic E-state index is 12.9. The number of carbonyl (C=O) groups excluding carboxylic acids is 1. The van der Waals surface area contributed by atoms with E-state index < -0.39 is 0 Å². The molecule has 34 heavy (non-hydrogen) atoms. The fourth-order valence-electron chi connectivity index (χ4n) is 4.07. The number of aryl methyl sites for hydroxylation is 1. The SMILES string of the molecule is Cc1cc(C(=O)NCc2ccc(CN)cc2)c(C)n1Cc1ccc(Cn2ccccc2=O)cc1. The van der Waals surface area contributed by atoms with E-state index in [1.165, 1.54) is 0 Å². The first-order valence-electron chi connectivity index (χ1n) is 11.4. The van der Waals surface area contributed by atoms with Gasteiger partial charge in [-0.15, -0.1) is 0 Å². The van der Waals surface area contributed by atoms with Crippen molar-refractivity contribution >= 4 is 5.91 Å². The lowest BCUT2D eigenvalue weighted by molar-refractivity contribution is 0.0950. The third-order valence-corrected chi connectivity index (χ3v) is 6.15. The van der Waals surface area contributed by atoms with Gasteiger partial charge in [-0.1, -0.05) is 54.6 Å². The monoisotopic (exact) mass is 454 g/mol. The summed E-state index contributed by atoms with van der Waals surface area (Å²) >= 11 is 0. The van der Waals surface area contributed by atoms with Crippen molar-refractivity contribution in [2.24, 2.45) is 5.73 Å². The van der Waals surface area contributed by atoms with Crippen LogP contribution in [0.3, 0.4) is 0 Å². The van der Waals surface area contributed by atoms with Gasteiger partial charge in [-0.05, 0) is 48.2 Å². The zero-order chi connectivity index (χ0) is 24.1. The van der Waals surface area contributed by atoms with E-state index >= 15 is 0 Å². The summed E-state index contributed by atoms with van der Waals surface area (Å²) in [5.41, 5.74) is 12.6. The van der Waals surface area contributed by atoms with E-state index in [2.05, 4.69) is 22.0 Å². The van der Waals surface area contributed by atoms with Crippen LogP contribution in [0.25, 0.3) is 0 Å². The fraction of sp³-hybridized carbons (Fsp3) is 0.214. The maximum Gasteiger partial charge on any atom is 0.253 e. The number of carbonyl (C=O) groups is 1. The van der Waals surface area contributed by atoms with Crippen LogP contribution in [-0.2, 0) is 26.2 Å². The minimum Gasteiger partial charge on any atom is -0.348 e. The minimum absolute atomic E-state index is 0.0106. The van der Waals surface area contributed by atoms with Crippen LogP contribution in [-0.4, -0.2) is 15.0 Å². The predicted molar refractivity (Wildman–Crippen MR) is 135 cm³/mol. The highest BCUT2D eigenvalue weighted by Crippen LogP contribution is 2.18. The van der Waals surface area contributed by atoms with E-state index in [9.17, 15) is 9.59 Å². The molecule has 0 spiro atoms. The highest BCUT2D eigenvalue weighted by atomic mass is 16.1. The molecule has 0 bridgehead atoms. The molecule has 0 aliphatic rings. The first-order chi connectivity index (χ1) is 16.4. The number of nitrogens with one attached hydrogen (secondary N) is 1. The lowest BCUT2D eigenvalue weighted by Crippen LogP contribution is -2.23. The van der Waals surface area contributed by atoms with E-state index in [-0.39, 0.29) is 11.5 Å². The second-order valence-electron chi connectivity index (χ2n) is 8.56. The van der Waals surface area contributed by atoms with E-state index in [1.54, 1.807) is 22.9 Å². The van der Waals surface area contributed by atoms with Gasteiger partial charge in [0.2, 0.25) is 0 Å². The van der Waals surface area contributed by atoms with Crippen molar-refractivity contribution in [2.45, 2.75) is 40.0 Å². The number of hydrogen-bond acceptors (Lipinski definition) is 3. The van der Waals surface area contributed by atoms with Gasteiger partial charge in [0.15, 0.2) is 0 Å². The molecular formula is C28H30N4O2. The van der Waals surface area contributed by atoms with Crippen molar-refractivity contribution in [1.82, 2.24) is 14.5 Å². The molecular weight excluding hydrogens is 424 g/mol. The van der Waals surface area contributed by atoms with Crippen LogP contribution in [0.5, 0.6) is 0 Å². The smallest absolute Gasteiger partial charge is 0.253 e. The third kappa shape index (κ3) is 5.35. The summed E-state index contributed by atoms with van der Waals surface area (Å²) in [6.07, 6.45) is 1.80. The van der Waals surface area contributed by atoms with Crippen LogP contribution in [0, 0.1) is 13.8 Å². The van der Waals surface area contributed by atoms with Gasteiger partial charge in [-0.2, -0.15) is 0 Å². The Morgan fingerprint density at radius 3 is 2.12 bits per heavy atom. The van der Waals surface area contributed by atoms with Crippen molar-refractivity contribution in [3.63, 3.8) is 0 Å². The Labute approximate surface area is 199 Å². The van der Waals surface area contributed by atoms with E-state index in [0.29, 0.717) is 31.7 Å². The quantitative estimate of drug-likeness (QED) is 0.425. The second kappa shape index (κ2) is 10.4. The number of pyridine rings is 1. The predicted octanol–water partition coefficient (Wildman–Crippen LogP) is 3.75. The third-order valence-electron chi connectivity index (χ3n) is 6.15. The average Bonchev–Trinajstić information content (AvgIpc) is 3.14. The Morgan fingerprint density at radius 1 is 0.853 bits per heavy atom. The van der Waals surface area contributed by atoms with Crippen LogP contribution >= 0.6 is 0 Å². The lowest BCUT2D eigenvalue weighted by Gasteiger charge is -2.12. The van der Waals surface area contributed by atoms with Gasteiger partial charge in [0.05, 0.1) is 12.1 Å². The molecule has 2 heterocycles. The molecule has 0 saturated heterocycles. The molecule has 2 aromatic heterocycles. The first kappa shape index (κ1) is 23.3. The molecule has 4 aromatic rings. The molecule has 174 valence electrons. The van der Waals surface area contributed by atoms with Crippen LogP contribution in [0.15, 0.2) is 83.8 Å². The van der Waals surface area contributed by atoms with Gasteiger partial charge in [0.25, 0.3) is 11.5 Å². The summed E-state index contributed by atoms with van der Waals surface area (Å²) in [6.45, 7) is 6.20. The number of rotatable bonds is 8. The summed E-state index contributed by atoms with van der Waals surface area (Å²) in [6, 6.07) is 23.3.